The fraction of sp³-hybridized carbons (Fsp3) is 0.867. The number of carbonyl (C=O) groups excluding carboxylic acids is 1. The third-order valence-electron chi connectivity index (χ3n) is 5.50. The fourth-order valence-electron chi connectivity index (χ4n) is 3.62. The molecule has 0 aromatic heterocycles. The highest BCUT2D eigenvalue weighted by Gasteiger charge is 2.46. The number of hydrogen-bond donors (Lipinski definition) is 3. The maximum Gasteiger partial charge on any atom is 0.307 e. The van der Waals surface area contributed by atoms with Gasteiger partial charge < -0.3 is 15.7 Å². The number of carboxylic acid groups (broad SMARTS) is 1. The lowest BCUT2D eigenvalue weighted by molar-refractivity contribution is -0.150. The highest BCUT2D eigenvalue weighted by Crippen LogP contribution is 2.45. The summed E-state index contributed by atoms with van der Waals surface area (Å²) in [6, 6.07) is 0.0914. The standard InChI is InChI=1S/C15H26N2O3/c1-9-12(17-13(18)10-6-7-16-8-10)5-4-11(14(19)20)15(9,2)3/h9-12,16H,4-8H2,1-3H3,(H,17,18)(H,19,20). The van der Waals surface area contributed by atoms with Crippen molar-refractivity contribution >= 4 is 11.9 Å². The van der Waals surface area contributed by atoms with Crippen molar-refractivity contribution in [1.29, 1.82) is 0 Å². The first-order chi connectivity index (χ1) is 9.34. The maximum atomic E-state index is 12.2. The van der Waals surface area contributed by atoms with Crippen LogP contribution in [0.25, 0.3) is 0 Å². The number of carbonyl (C=O) groups is 2. The molecule has 4 atom stereocenters. The Morgan fingerprint density at radius 1 is 1.25 bits per heavy atom. The van der Waals surface area contributed by atoms with Gasteiger partial charge in [0.25, 0.3) is 0 Å². The van der Waals surface area contributed by atoms with Gasteiger partial charge in [-0.1, -0.05) is 20.8 Å². The average Bonchev–Trinajstić information content (AvgIpc) is 2.88. The van der Waals surface area contributed by atoms with Crippen molar-refractivity contribution < 1.29 is 14.7 Å². The van der Waals surface area contributed by atoms with Crippen LogP contribution in [-0.4, -0.2) is 36.1 Å². The van der Waals surface area contributed by atoms with Crippen LogP contribution in [-0.2, 0) is 9.59 Å². The van der Waals surface area contributed by atoms with Gasteiger partial charge in [-0.15, -0.1) is 0 Å². The number of amides is 1. The molecule has 114 valence electrons. The van der Waals surface area contributed by atoms with Crippen LogP contribution in [0.1, 0.15) is 40.0 Å². The second-order valence-electron chi connectivity index (χ2n) is 6.88. The first kappa shape index (κ1) is 15.3. The zero-order valence-corrected chi connectivity index (χ0v) is 12.6. The van der Waals surface area contributed by atoms with E-state index in [1.165, 1.54) is 0 Å². The van der Waals surface area contributed by atoms with E-state index in [1.807, 2.05) is 13.8 Å². The molecule has 3 N–H and O–H groups in total. The molecule has 20 heavy (non-hydrogen) atoms. The lowest BCUT2D eigenvalue weighted by atomic mass is 9.61. The highest BCUT2D eigenvalue weighted by molar-refractivity contribution is 5.79. The molecule has 1 saturated heterocycles. The molecule has 4 unspecified atom stereocenters. The minimum Gasteiger partial charge on any atom is -0.481 e. The van der Waals surface area contributed by atoms with E-state index in [0.29, 0.717) is 6.42 Å². The molecule has 0 aromatic rings. The molecule has 0 radical (unpaired) electrons. The zero-order chi connectivity index (χ0) is 14.9. The minimum absolute atomic E-state index is 0.0718. The summed E-state index contributed by atoms with van der Waals surface area (Å²) in [5.74, 6) is -0.681. The van der Waals surface area contributed by atoms with E-state index in [2.05, 4.69) is 17.6 Å². The van der Waals surface area contributed by atoms with Gasteiger partial charge in [-0.05, 0) is 37.1 Å². The van der Waals surface area contributed by atoms with Crippen LogP contribution in [0.4, 0.5) is 0 Å². The average molecular weight is 282 g/mol. The Labute approximate surface area is 120 Å². The van der Waals surface area contributed by atoms with E-state index < -0.39 is 5.97 Å². The minimum atomic E-state index is -0.716. The summed E-state index contributed by atoms with van der Waals surface area (Å²) in [6.45, 7) is 7.74. The Bertz CT molecular complexity index is 389. The van der Waals surface area contributed by atoms with Gasteiger partial charge in [0.15, 0.2) is 0 Å². The van der Waals surface area contributed by atoms with Crippen molar-refractivity contribution in [3.05, 3.63) is 0 Å². The van der Waals surface area contributed by atoms with E-state index in [-0.39, 0.29) is 35.1 Å². The van der Waals surface area contributed by atoms with Crippen LogP contribution in [0.5, 0.6) is 0 Å². The largest absolute Gasteiger partial charge is 0.481 e. The van der Waals surface area contributed by atoms with Crippen LogP contribution in [0.3, 0.4) is 0 Å². The topological polar surface area (TPSA) is 78.4 Å². The molecule has 1 heterocycles. The summed E-state index contributed by atoms with van der Waals surface area (Å²) in [4.78, 5) is 23.6. The summed E-state index contributed by atoms with van der Waals surface area (Å²) < 4.78 is 0. The molecule has 1 amide bonds. The van der Waals surface area contributed by atoms with E-state index in [1.54, 1.807) is 0 Å². The van der Waals surface area contributed by atoms with Crippen LogP contribution in [0.15, 0.2) is 0 Å². The van der Waals surface area contributed by atoms with Gasteiger partial charge in [-0.25, -0.2) is 0 Å². The second-order valence-corrected chi connectivity index (χ2v) is 6.88. The third kappa shape index (κ3) is 2.82. The lowest BCUT2D eigenvalue weighted by Crippen LogP contribution is -2.53. The Morgan fingerprint density at radius 2 is 1.95 bits per heavy atom. The molecular weight excluding hydrogens is 256 g/mol. The molecule has 5 nitrogen and oxygen atoms in total. The van der Waals surface area contributed by atoms with Crippen molar-refractivity contribution in [1.82, 2.24) is 10.6 Å². The molecule has 2 rings (SSSR count). The Kier molecular flexibility index (Phi) is 4.37. The Morgan fingerprint density at radius 3 is 2.50 bits per heavy atom. The van der Waals surface area contributed by atoms with E-state index in [9.17, 15) is 14.7 Å². The number of nitrogens with one attached hydrogen (secondary N) is 2. The predicted molar refractivity (Wildman–Crippen MR) is 76.2 cm³/mol. The van der Waals surface area contributed by atoms with Crippen molar-refractivity contribution in [2.45, 2.75) is 46.1 Å². The Balaban J connectivity index is 2.00. The molecule has 2 aliphatic rings. The van der Waals surface area contributed by atoms with E-state index in [0.717, 1.165) is 25.9 Å². The molecule has 0 spiro atoms. The molecule has 5 heteroatoms. The SMILES string of the molecule is CC1C(NC(=O)C2CCNC2)CCC(C(=O)O)C1(C)C. The maximum absolute atomic E-state index is 12.2. The summed E-state index contributed by atoms with van der Waals surface area (Å²) in [5.41, 5.74) is -0.296. The summed E-state index contributed by atoms with van der Waals surface area (Å²) >= 11 is 0. The van der Waals surface area contributed by atoms with Gasteiger partial charge in [0.05, 0.1) is 11.8 Å². The van der Waals surface area contributed by atoms with E-state index >= 15 is 0 Å². The Hall–Kier alpha value is -1.10. The van der Waals surface area contributed by atoms with Gasteiger partial charge in [0.1, 0.15) is 0 Å². The van der Waals surface area contributed by atoms with Crippen molar-refractivity contribution in [3.63, 3.8) is 0 Å². The molecule has 0 bridgehead atoms. The third-order valence-corrected chi connectivity index (χ3v) is 5.50. The van der Waals surface area contributed by atoms with Gasteiger partial charge >= 0.3 is 5.97 Å². The first-order valence-electron chi connectivity index (χ1n) is 7.58. The number of hydrogen-bond acceptors (Lipinski definition) is 3. The highest BCUT2D eigenvalue weighted by atomic mass is 16.4. The van der Waals surface area contributed by atoms with Crippen LogP contribution in [0, 0.1) is 23.2 Å². The molecule has 2 fully saturated rings. The zero-order valence-electron chi connectivity index (χ0n) is 12.6. The number of aliphatic carboxylic acids is 1. The fourth-order valence-corrected chi connectivity index (χ4v) is 3.62. The summed E-state index contributed by atoms with van der Waals surface area (Å²) in [7, 11) is 0. The quantitative estimate of drug-likeness (QED) is 0.727. The summed E-state index contributed by atoms with van der Waals surface area (Å²) in [5, 5.41) is 15.7. The van der Waals surface area contributed by atoms with Crippen molar-refractivity contribution in [3.8, 4) is 0 Å². The smallest absolute Gasteiger partial charge is 0.307 e. The van der Waals surface area contributed by atoms with Crippen LogP contribution in [0.2, 0.25) is 0 Å². The molecule has 1 saturated carbocycles. The number of carboxylic acids is 1. The van der Waals surface area contributed by atoms with Crippen LogP contribution >= 0.6 is 0 Å². The van der Waals surface area contributed by atoms with Crippen molar-refractivity contribution in [2.24, 2.45) is 23.2 Å². The molecular formula is C15H26N2O3. The van der Waals surface area contributed by atoms with Gasteiger partial charge in [-0.2, -0.15) is 0 Å². The van der Waals surface area contributed by atoms with E-state index in [4.69, 9.17) is 0 Å². The number of rotatable bonds is 3. The van der Waals surface area contributed by atoms with Crippen LogP contribution < -0.4 is 10.6 Å². The monoisotopic (exact) mass is 282 g/mol. The van der Waals surface area contributed by atoms with Gasteiger partial charge in [-0.3, -0.25) is 9.59 Å². The molecule has 1 aliphatic carbocycles. The predicted octanol–water partition coefficient (Wildman–Crippen LogP) is 1.24. The molecule has 0 aromatic carbocycles. The second kappa shape index (κ2) is 5.72. The first-order valence-corrected chi connectivity index (χ1v) is 7.58. The van der Waals surface area contributed by atoms with Gasteiger partial charge in [0.2, 0.25) is 5.91 Å². The van der Waals surface area contributed by atoms with Crippen molar-refractivity contribution in [2.75, 3.05) is 13.1 Å². The summed E-state index contributed by atoms with van der Waals surface area (Å²) in [6.07, 6.45) is 2.29. The lowest BCUT2D eigenvalue weighted by Gasteiger charge is -2.46. The normalized spacial score (nSPS) is 36.5. The van der Waals surface area contributed by atoms with Gasteiger partial charge in [0, 0.05) is 12.6 Å². The molecule has 1 aliphatic heterocycles.